The van der Waals surface area contributed by atoms with Crippen molar-refractivity contribution >= 4 is 133 Å². The fourth-order valence-electron chi connectivity index (χ4n) is 16.2. The highest BCUT2D eigenvalue weighted by molar-refractivity contribution is 9.10. The zero-order chi connectivity index (χ0) is 101. The van der Waals surface area contributed by atoms with Crippen LogP contribution in [0.5, 0.6) is 0 Å². The molecule has 0 fully saturated rings. The van der Waals surface area contributed by atoms with Gasteiger partial charge in [-0.25, -0.2) is 66.1 Å². The summed E-state index contributed by atoms with van der Waals surface area (Å²) in [4.78, 5) is 95.8. The molecule has 12 aromatic heterocycles. The Balaban J connectivity index is 0.000000156. The van der Waals surface area contributed by atoms with Crippen LogP contribution < -0.4 is 22.1 Å². The number of thiophene rings is 3. The van der Waals surface area contributed by atoms with Crippen molar-refractivity contribution in [2.45, 2.75) is 75.4 Å². The van der Waals surface area contributed by atoms with Gasteiger partial charge in [-0.3, -0.25) is 28.8 Å². The predicted octanol–water partition coefficient (Wildman–Crippen LogP) is 21.9. The van der Waals surface area contributed by atoms with E-state index in [1.165, 1.54) is 100 Å². The standard InChI is InChI=1S/C38H27F2N3O4S2.C34H24BrF2N3O4S.C32H23F2N3O2S.C4H5BO2S.CH4O.CH4/c39-34-13-11-26(19-35(34)40)22-42-16-5-10-31(38(42)45)36(44)14-12-25-6-4-7-27(18-25)33-23-43(49(46,47)30-8-2-1-3-9-30)37-32(33)20-29(21-41-37)28-15-17-48-24-28;35-25-18-28-29(21-40(33(28)38-19-25)45(43,44)26-8-2-1-3-9-26)24-7-4-6-22(16-24)12-14-32(41)27-10-5-15-39(34(27)42)20-23-11-13-30(36)31(37)17-23;33-28-8-6-21(14-29(28)34)18-37-11-2-5-25(32(37)39)30(38)9-7-20-3-1-4-22(13-20)27-17-36-31-26(27)15-24(16-35-31)23-10-12-40-19-23;6-5(7)4-1-2-8-3-4;1-2;/h1-11,13,15-21,23-24H,12,14,22H2;1-11,13,15-19,21H,12,14,20H2;1-6,8,10-17,19H,7,9,18H2,(H,35,36);1-3,6-7H;2H,1H3;1H4. The molecule has 12 heterocycles. The third-order valence-electron chi connectivity index (χ3n) is 23.5. The molecule has 0 amide bonds. The lowest BCUT2D eigenvalue weighted by atomic mass is 9.83. The average Bonchev–Trinajstić information content (AvgIpc) is 1.61. The molecule has 22 nitrogen and oxygen atoms in total. The summed E-state index contributed by atoms with van der Waals surface area (Å²) in [7, 11) is -8.21. The van der Waals surface area contributed by atoms with E-state index >= 15 is 0 Å². The number of carbonyl (C=O) groups excluding carboxylic acids is 3. The number of fused-ring (bicyclic) bond motifs is 3. The van der Waals surface area contributed by atoms with Crippen LogP contribution in [0, 0.1) is 34.9 Å². The van der Waals surface area contributed by atoms with Gasteiger partial charge >= 0.3 is 7.12 Å². The molecule has 0 atom stereocenters. The largest absolute Gasteiger partial charge is 0.489 e. The van der Waals surface area contributed by atoms with Crippen LogP contribution in [0.3, 0.4) is 0 Å². The molecule has 0 aliphatic rings. The highest BCUT2D eigenvalue weighted by Crippen LogP contribution is 2.39. The Morgan fingerprint density at radius 2 is 0.752 bits per heavy atom. The molecule has 0 aliphatic heterocycles. The van der Waals surface area contributed by atoms with Crippen LogP contribution in [-0.2, 0) is 58.9 Å². The van der Waals surface area contributed by atoms with Gasteiger partial charge in [0.05, 0.1) is 46.1 Å². The molecule has 20 aromatic rings. The number of ketones is 3. The van der Waals surface area contributed by atoms with Gasteiger partial charge in [0.2, 0.25) is 0 Å². The molecule has 0 saturated carbocycles. The summed E-state index contributed by atoms with van der Waals surface area (Å²) in [5.74, 6) is -6.90. The molecule has 0 unspecified atom stereocenters. The first kappa shape index (κ1) is 104. The fraction of sp³-hybridized carbons (Fsp3) is 0.100. The molecular weight excluding hydrogens is 2020 g/mol. The lowest BCUT2D eigenvalue weighted by Gasteiger charge is -2.09. The molecule has 0 radical (unpaired) electrons. The van der Waals surface area contributed by atoms with E-state index in [0.717, 1.165) is 116 Å². The molecular formula is C110H87BBrF6N9O13S5. The number of carbonyl (C=O) groups is 3. The van der Waals surface area contributed by atoms with Gasteiger partial charge in [-0.2, -0.15) is 34.0 Å². The molecule has 145 heavy (non-hydrogen) atoms. The number of nitrogens with one attached hydrogen (secondary N) is 1. The Morgan fingerprint density at radius 3 is 1.12 bits per heavy atom. The zero-order valence-electron chi connectivity index (χ0n) is 76.1. The number of benzene rings is 8. The number of aliphatic hydroxyl groups excluding tert-OH is 1. The summed E-state index contributed by atoms with van der Waals surface area (Å²) in [6.07, 6.45) is 16.0. The molecule has 732 valence electrons. The van der Waals surface area contributed by atoms with Gasteiger partial charge in [-0.15, -0.1) is 0 Å². The minimum Gasteiger partial charge on any atom is -0.423 e. The molecule has 4 N–H and O–H groups in total. The lowest BCUT2D eigenvalue weighted by Crippen LogP contribution is -2.27. The van der Waals surface area contributed by atoms with E-state index in [1.807, 2.05) is 113 Å². The number of aromatic nitrogens is 9. The van der Waals surface area contributed by atoms with Crippen molar-refractivity contribution in [2.75, 3.05) is 7.11 Å². The van der Waals surface area contributed by atoms with Crippen LogP contribution >= 0.6 is 49.9 Å². The minimum absolute atomic E-state index is 0. The molecule has 0 aliphatic carbocycles. The van der Waals surface area contributed by atoms with Gasteiger partial charge in [0, 0.05) is 131 Å². The minimum atomic E-state index is -3.97. The third-order valence-corrected chi connectivity index (χ3v) is 29.3. The zero-order valence-corrected chi connectivity index (χ0v) is 81.8. The lowest BCUT2D eigenvalue weighted by molar-refractivity contribution is 0.0973. The van der Waals surface area contributed by atoms with Crippen molar-refractivity contribution < 1.29 is 72.7 Å². The molecule has 0 bridgehead atoms. The van der Waals surface area contributed by atoms with E-state index in [9.17, 15) is 71.9 Å². The summed E-state index contributed by atoms with van der Waals surface area (Å²) in [6, 6.07) is 70.3. The Morgan fingerprint density at radius 1 is 0.379 bits per heavy atom. The quantitative estimate of drug-likeness (QED) is 0.0201. The van der Waals surface area contributed by atoms with Crippen LogP contribution in [0.1, 0.15) is 91.1 Å². The summed E-state index contributed by atoms with van der Waals surface area (Å²) < 4.78 is 143. The molecule has 35 heteroatoms. The maximum atomic E-state index is 13.8. The molecule has 0 spiro atoms. The number of hydrogen-bond donors (Lipinski definition) is 4. The van der Waals surface area contributed by atoms with Gasteiger partial charge < -0.3 is 33.8 Å². The second kappa shape index (κ2) is 46.8. The SMILES string of the molecule is C.CO.O=C(CCc1cccc(-c2c[nH]c3ncc(-c4ccsc4)cc23)c1)c1cccn(Cc2ccc(F)c(F)c2)c1=O.O=C(CCc1cccc(-c2cn(S(=O)(=O)c3ccccc3)c3ncc(-c4ccsc4)cc23)c1)c1cccn(Cc2ccc(F)c(F)c2)c1=O.O=C(CCc1cccc(-c2cn(S(=O)(=O)c3ccccc3)c3ncc(Br)cc23)c1)c1cccn(Cc2ccc(F)c(F)c2)c1=O.OB(O)c1ccsc1. The van der Waals surface area contributed by atoms with E-state index in [4.69, 9.17) is 15.2 Å². The van der Waals surface area contributed by atoms with E-state index in [0.29, 0.717) is 73.4 Å². The smallest absolute Gasteiger partial charge is 0.423 e. The number of aryl methyl sites for hydroxylation is 3. The Kier molecular flexibility index (Phi) is 33.6. The molecule has 20 rings (SSSR count). The average molecular weight is 2110 g/mol. The van der Waals surface area contributed by atoms with Crippen LogP contribution in [0.15, 0.2) is 378 Å². The number of aromatic amines is 1. The number of hydrogen-bond acceptors (Lipinski definition) is 19. The van der Waals surface area contributed by atoms with Crippen molar-refractivity contribution in [3.05, 3.63) is 469 Å². The van der Waals surface area contributed by atoms with E-state index in [2.05, 4.69) is 59.4 Å². The van der Waals surface area contributed by atoms with E-state index in [-0.39, 0.29) is 95.8 Å². The van der Waals surface area contributed by atoms with Gasteiger partial charge in [0.1, 0.15) is 5.65 Å². The Hall–Kier alpha value is -15.3. The second-order valence-electron chi connectivity index (χ2n) is 32.9. The summed E-state index contributed by atoms with van der Waals surface area (Å²) >= 11 is 8.08. The molecule has 8 aromatic carbocycles. The van der Waals surface area contributed by atoms with Crippen molar-refractivity contribution in [2.24, 2.45) is 0 Å². The Bertz CT molecular complexity index is 8570. The second-order valence-corrected chi connectivity index (χ2v) is 39.8. The fourth-order valence-corrected chi connectivity index (χ4v) is 21.2. The van der Waals surface area contributed by atoms with Crippen LogP contribution in [-0.4, -0.2) is 105 Å². The first-order valence-corrected chi connectivity index (χ1v) is 51.0. The van der Waals surface area contributed by atoms with Gasteiger partial charge in [-0.05, 0) is 262 Å². The van der Waals surface area contributed by atoms with Crippen LogP contribution in [0.4, 0.5) is 26.3 Å². The maximum Gasteiger partial charge on any atom is 0.489 e. The third kappa shape index (κ3) is 24.3. The van der Waals surface area contributed by atoms with Crippen molar-refractivity contribution in [1.29, 1.82) is 0 Å². The summed E-state index contributed by atoms with van der Waals surface area (Å²) in [6.45, 7) is 0.000339. The van der Waals surface area contributed by atoms with Crippen molar-refractivity contribution in [1.82, 2.24) is 41.6 Å². The van der Waals surface area contributed by atoms with Gasteiger partial charge in [-0.1, -0.05) is 141 Å². The topological polar surface area (TPSA) is 310 Å². The summed E-state index contributed by atoms with van der Waals surface area (Å²) in [5.41, 5.74) is 13.1. The number of Topliss-reactive ketones (excluding diaryl/α,β-unsaturated/α-hetero) is 3. The van der Waals surface area contributed by atoms with Crippen molar-refractivity contribution in [3.8, 4) is 55.6 Å². The number of nitrogens with zero attached hydrogens (tertiary/aromatic N) is 8. The van der Waals surface area contributed by atoms with Crippen molar-refractivity contribution in [3.63, 3.8) is 0 Å². The summed E-state index contributed by atoms with van der Waals surface area (Å²) in [5, 5.41) is 37.9. The van der Waals surface area contributed by atoms with Crippen LogP contribution in [0.25, 0.3) is 88.7 Å². The van der Waals surface area contributed by atoms with Gasteiger partial charge in [0.15, 0.2) is 63.5 Å². The first-order chi connectivity index (χ1) is 69.6. The predicted molar refractivity (Wildman–Crippen MR) is 560 cm³/mol. The number of halogens is 7. The number of aliphatic hydroxyl groups is 1. The van der Waals surface area contributed by atoms with Gasteiger partial charge in [0.25, 0.3) is 36.7 Å². The number of pyridine rings is 6. The highest BCUT2D eigenvalue weighted by Gasteiger charge is 2.28. The Labute approximate surface area is 848 Å². The number of H-pyrrole nitrogens is 1. The monoisotopic (exact) mass is 2110 g/mol. The number of rotatable bonds is 28. The molecule has 0 saturated heterocycles. The van der Waals surface area contributed by atoms with E-state index in [1.54, 1.807) is 131 Å². The van der Waals surface area contributed by atoms with E-state index < -0.39 is 78.7 Å². The highest BCUT2D eigenvalue weighted by atomic mass is 79.9. The first-order valence-electron chi connectivity index (χ1n) is 44.5. The maximum absolute atomic E-state index is 13.8. The normalized spacial score (nSPS) is 11.2. The van der Waals surface area contributed by atoms with Crippen LogP contribution in [0.2, 0.25) is 0 Å².